The van der Waals surface area contributed by atoms with Gasteiger partial charge < -0.3 is 9.47 Å². The smallest absolute Gasteiger partial charge is 0.161 e. The minimum Gasteiger partial charge on any atom is -0.493 e. The summed E-state index contributed by atoms with van der Waals surface area (Å²) in [4.78, 5) is 2.48. The van der Waals surface area contributed by atoms with Crippen LogP contribution >= 0.6 is 0 Å². The highest BCUT2D eigenvalue weighted by molar-refractivity contribution is 5.42. The van der Waals surface area contributed by atoms with Gasteiger partial charge in [-0.2, -0.15) is 0 Å². The van der Waals surface area contributed by atoms with Crippen LogP contribution in [0, 0.1) is 0 Å². The quantitative estimate of drug-likeness (QED) is 0.783. The molecule has 2 rings (SSSR count). The highest BCUT2D eigenvalue weighted by Crippen LogP contribution is 2.28. The molecule has 0 N–H and O–H groups in total. The van der Waals surface area contributed by atoms with Gasteiger partial charge in [-0.3, -0.25) is 4.90 Å². The van der Waals surface area contributed by atoms with Gasteiger partial charge in [-0.15, -0.1) is 0 Å². The maximum absolute atomic E-state index is 5.51. The van der Waals surface area contributed by atoms with Gasteiger partial charge in [-0.25, -0.2) is 0 Å². The van der Waals surface area contributed by atoms with Crippen LogP contribution in [0.5, 0.6) is 11.5 Å². The van der Waals surface area contributed by atoms with Gasteiger partial charge in [0.05, 0.1) is 13.7 Å². The Kier molecular flexibility index (Phi) is 4.26. The molecule has 1 aromatic carbocycles. The summed E-state index contributed by atoms with van der Waals surface area (Å²) in [5.74, 6) is 1.67. The Labute approximate surface area is 103 Å². The minimum atomic E-state index is 0.668. The first-order chi connectivity index (χ1) is 8.33. The van der Waals surface area contributed by atoms with E-state index in [1.54, 1.807) is 7.11 Å². The summed E-state index contributed by atoms with van der Waals surface area (Å²) in [5.41, 5.74) is 1.30. The van der Waals surface area contributed by atoms with Gasteiger partial charge in [0.15, 0.2) is 11.5 Å². The van der Waals surface area contributed by atoms with Crippen molar-refractivity contribution in [3.63, 3.8) is 0 Å². The summed E-state index contributed by atoms with van der Waals surface area (Å²) in [6.45, 7) is 6.10. The standard InChI is InChI=1S/C14H21NO2/c1-3-17-13-7-6-12(10-14(13)16-2)11-15-8-4-5-9-15/h6-7,10H,3-5,8-9,11H2,1-2H3. The van der Waals surface area contributed by atoms with Crippen molar-refractivity contribution in [3.8, 4) is 11.5 Å². The Balaban J connectivity index is 2.07. The fourth-order valence-electron chi connectivity index (χ4n) is 2.28. The SMILES string of the molecule is CCOc1ccc(CN2CCCC2)cc1OC. The first-order valence-corrected chi connectivity index (χ1v) is 6.35. The predicted octanol–water partition coefficient (Wildman–Crippen LogP) is 2.69. The molecule has 1 aliphatic rings. The molecular weight excluding hydrogens is 214 g/mol. The first-order valence-electron chi connectivity index (χ1n) is 6.35. The van der Waals surface area contributed by atoms with E-state index in [0.717, 1.165) is 18.0 Å². The molecule has 1 aliphatic heterocycles. The molecule has 0 bridgehead atoms. The van der Waals surface area contributed by atoms with E-state index in [2.05, 4.69) is 17.0 Å². The summed E-state index contributed by atoms with van der Waals surface area (Å²) in [6.07, 6.45) is 2.66. The zero-order valence-electron chi connectivity index (χ0n) is 10.7. The third-order valence-corrected chi connectivity index (χ3v) is 3.13. The van der Waals surface area contributed by atoms with Gasteiger partial charge in [0.2, 0.25) is 0 Å². The average Bonchev–Trinajstić information content (AvgIpc) is 2.84. The lowest BCUT2D eigenvalue weighted by Gasteiger charge is -2.16. The zero-order chi connectivity index (χ0) is 12.1. The number of hydrogen-bond donors (Lipinski definition) is 0. The molecule has 1 saturated heterocycles. The molecule has 1 fully saturated rings. The second kappa shape index (κ2) is 5.92. The maximum atomic E-state index is 5.51. The molecule has 0 radical (unpaired) electrons. The number of ether oxygens (including phenoxy) is 2. The first kappa shape index (κ1) is 12.2. The van der Waals surface area contributed by atoms with Crippen molar-refractivity contribution in [1.29, 1.82) is 0 Å². The van der Waals surface area contributed by atoms with Crippen LogP contribution in [0.15, 0.2) is 18.2 Å². The summed E-state index contributed by atoms with van der Waals surface area (Å²) in [7, 11) is 1.69. The van der Waals surface area contributed by atoms with Crippen LogP contribution in [0.4, 0.5) is 0 Å². The lowest BCUT2D eigenvalue weighted by Crippen LogP contribution is -2.18. The fourth-order valence-corrected chi connectivity index (χ4v) is 2.28. The summed E-state index contributed by atoms with van der Waals surface area (Å²) in [5, 5.41) is 0. The normalized spacial score (nSPS) is 16.1. The van der Waals surface area contributed by atoms with Gasteiger partial charge in [-0.1, -0.05) is 6.07 Å². The summed E-state index contributed by atoms with van der Waals surface area (Å²) >= 11 is 0. The molecule has 1 heterocycles. The number of likely N-dealkylation sites (tertiary alicyclic amines) is 1. The average molecular weight is 235 g/mol. The van der Waals surface area contributed by atoms with Crippen LogP contribution in [0.1, 0.15) is 25.3 Å². The van der Waals surface area contributed by atoms with Crippen molar-refractivity contribution in [2.24, 2.45) is 0 Å². The largest absolute Gasteiger partial charge is 0.493 e. The number of nitrogens with zero attached hydrogens (tertiary/aromatic N) is 1. The Morgan fingerprint density at radius 3 is 2.59 bits per heavy atom. The van der Waals surface area contributed by atoms with Crippen LogP contribution < -0.4 is 9.47 Å². The van der Waals surface area contributed by atoms with Crippen molar-refractivity contribution in [3.05, 3.63) is 23.8 Å². The summed E-state index contributed by atoms with van der Waals surface area (Å²) < 4.78 is 10.9. The molecular formula is C14H21NO2. The van der Waals surface area contributed by atoms with Crippen molar-refractivity contribution in [1.82, 2.24) is 4.90 Å². The van der Waals surface area contributed by atoms with E-state index in [9.17, 15) is 0 Å². The lowest BCUT2D eigenvalue weighted by molar-refractivity contribution is 0.307. The molecule has 0 unspecified atom stereocenters. The second-order valence-electron chi connectivity index (χ2n) is 4.40. The van der Waals surface area contributed by atoms with E-state index < -0.39 is 0 Å². The number of hydrogen-bond acceptors (Lipinski definition) is 3. The van der Waals surface area contributed by atoms with Crippen molar-refractivity contribution in [2.75, 3.05) is 26.8 Å². The highest BCUT2D eigenvalue weighted by Gasteiger charge is 2.13. The molecule has 0 aliphatic carbocycles. The highest BCUT2D eigenvalue weighted by atomic mass is 16.5. The number of benzene rings is 1. The maximum Gasteiger partial charge on any atom is 0.161 e. The monoisotopic (exact) mass is 235 g/mol. The van der Waals surface area contributed by atoms with Gasteiger partial charge in [0.25, 0.3) is 0 Å². The van der Waals surface area contributed by atoms with Crippen LogP contribution in [-0.4, -0.2) is 31.7 Å². The van der Waals surface area contributed by atoms with E-state index in [1.165, 1.54) is 31.5 Å². The van der Waals surface area contributed by atoms with Crippen molar-refractivity contribution < 1.29 is 9.47 Å². The molecule has 17 heavy (non-hydrogen) atoms. The Bertz CT molecular complexity index is 359. The molecule has 0 atom stereocenters. The van der Waals surface area contributed by atoms with Crippen LogP contribution in [-0.2, 0) is 6.54 Å². The Morgan fingerprint density at radius 2 is 1.94 bits per heavy atom. The predicted molar refractivity (Wildman–Crippen MR) is 68.7 cm³/mol. The zero-order valence-corrected chi connectivity index (χ0v) is 10.7. The number of methoxy groups -OCH3 is 1. The second-order valence-corrected chi connectivity index (χ2v) is 4.40. The molecule has 1 aromatic rings. The third kappa shape index (κ3) is 3.13. The lowest BCUT2D eigenvalue weighted by atomic mass is 10.2. The molecule has 0 saturated carbocycles. The van der Waals surface area contributed by atoms with E-state index in [4.69, 9.17) is 9.47 Å². The van der Waals surface area contributed by atoms with E-state index in [-0.39, 0.29) is 0 Å². The molecule has 0 spiro atoms. The topological polar surface area (TPSA) is 21.7 Å². The van der Waals surface area contributed by atoms with E-state index >= 15 is 0 Å². The third-order valence-electron chi connectivity index (χ3n) is 3.13. The van der Waals surface area contributed by atoms with Crippen molar-refractivity contribution >= 4 is 0 Å². The Hall–Kier alpha value is -1.22. The summed E-state index contributed by atoms with van der Waals surface area (Å²) in [6, 6.07) is 6.23. The minimum absolute atomic E-state index is 0.668. The van der Waals surface area contributed by atoms with Crippen LogP contribution in [0.3, 0.4) is 0 Å². The number of rotatable bonds is 5. The molecule has 0 amide bonds. The van der Waals surface area contributed by atoms with Crippen molar-refractivity contribution in [2.45, 2.75) is 26.3 Å². The van der Waals surface area contributed by atoms with Gasteiger partial charge in [-0.05, 0) is 50.6 Å². The molecule has 3 nitrogen and oxygen atoms in total. The molecule has 3 heteroatoms. The molecule has 94 valence electrons. The van der Waals surface area contributed by atoms with E-state index in [1.807, 2.05) is 13.0 Å². The Morgan fingerprint density at radius 1 is 1.18 bits per heavy atom. The van der Waals surface area contributed by atoms with E-state index in [0.29, 0.717) is 6.61 Å². The molecule has 0 aromatic heterocycles. The van der Waals surface area contributed by atoms with Gasteiger partial charge in [0, 0.05) is 6.54 Å². The van der Waals surface area contributed by atoms with Gasteiger partial charge in [0.1, 0.15) is 0 Å². The van der Waals surface area contributed by atoms with Gasteiger partial charge >= 0.3 is 0 Å². The fraction of sp³-hybridized carbons (Fsp3) is 0.571. The van der Waals surface area contributed by atoms with Crippen LogP contribution in [0.25, 0.3) is 0 Å². The van der Waals surface area contributed by atoms with Crippen LogP contribution in [0.2, 0.25) is 0 Å².